The second-order valence-electron chi connectivity index (χ2n) is 5.41. The summed E-state index contributed by atoms with van der Waals surface area (Å²) in [4.78, 5) is 19.9. The monoisotopic (exact) mass is 465 g/mol. The Balaban J connectivity index is 1.96. The van der Waals surface area contributed by atoms with Gasteiger partial charge in [-0.05, 0) is 46.9 Å². The molecule has 0 bridgehead atoms. The molecule has 0 aliphatic rings. The molecule has 8 heteroatoms. The molecule has 3 rings (SSSR count). The standard InChI is InChI=1S/C18H16IN3O4/c1-25-12-4-3-10(15(7-12)26-2)8-20-17-13-5-11(19)6-14(18(23)24)16(13)21-9-22-17/h3-7,9H,8H2,1-2H3,(H,23,24)(H,20,21,22). The highest BCUT2D eigenvalue weighted by molar-refractivity contribution is 14.1. The third-order valence-electron chi connectivity index (χ3n) is 3.87. The Hall–Kier alpha value is -2.62. The van der Waals surface area contributed by atoms with Crippen molar-refractivity contribution < 1.29 is 19.4 Å². The highest BCUT2D eigenvalue weighted by Crippen LogP contribution is 2.28. The Morgan fingerprint density at radius 3 is 2.69 bits per heavy atom. The number of rotatable bonds is 6. The molecular weight excluding hydrogens is 449 g/mol. The van der Waals surface area contributed by atoms with E-state index in [1.807, 2.05) is 18.2 Å². The van der Waals surface area contributed by atoms with Gasteiger partial charge in [-0.2, -0.15) is 0 Å². The number of fused-ring (bicyclic) bond motifs is 1. The molecule has 1 aromatic heterocycles. The van der Waals surface area contributed by atoms with Crippen molar-refractivity contribution in [1.82, 2.24) is 9.97 Å². The molecule has 0 saturated heterocycles. The third kappa shape index (κ3) is 3.64. The number of ether oxygens (including phenoxy) is 2. The van der Waals surface area contributed by atoms with Crippen molar-refractivity contribution in [2.45, 2.75) is 6.54 Å². The van der Waals surface area contributed by atoms with E-state index in [2.05, 4.69) is 37.9 Å². The Bertz CT molecular complexity index is 978. The van der Waals surface area contributed by atoms with Gasteiger partial charge in [0, 0.05) is 27.1 Å². The van der Waals surface area contributed by atoms with Crippen LogP contribution in [0, 0.1) is 3.57 Å². The van der Waals surface area contributed by atoms with E-state index in [0.717, 1.165) is 9.13 Å². The van der Waals surface area contributed by atoms with Gasteiger partial charge in [-0.1, -0.05) is 0 Å². The predicted molar refractivity (Wildman–Crippen MR) is 106 cm³/mol. The molecule has 134 valence electrons. The maximum atomic E-state index is 11.5. The maximum absolute atomic E-state index is 11.5. The van der Waals surface area contributed by atoms with Gasteiger partial charge in [0.2, 0.25) is 0 Å². The smallest absolute Gasteiger partial charge is 0.337 e. The molecule has 3 aromatic rings. The first-order valence-corrected chi connectivity index (χ1v) is 8.73. The van der Waals surface area contributed by atoms with Crippen LogP contribution < -0.4 is 14.8 Å². The number of halogens is 1. The van der Waals surface area contributed by atoms with Gasteiger partial charge in [-0.25, -0.2) is 14.8 Å². The molecular formula is C18H16IN3O4. The quantitative estimate of drug-likeness (QED) is 0.538. The molecule has 0 fully saturated rings. The summed E-state index contributed by atoms with van der Waals surface area (Å²) in [5.74, 6) is 0.943. The molecule has 26 heavy (non-hydrogen) atoms. The van der Waals surface area contributed by atoms with Gasteiger partial charge in [-0.3, -0.25) is 0 Å². The van der Waals surface area contributed by atoms with Crippen LogP contribution in [0.5, 0.6) is 11.5 Å². The van der Waals surface area contributed by atoms with Gasteiger partial charge in [0.05, 0.1) is 25.3 Å². The van der Waals surface area contributed by atoms with Crippen molar-refractivity contribution >= 4 is 45.3 Å². The van der Waals surface area contributed by atoms with E-state index in [1.54, 1.807) is 26.4 Å². The fraction of sp³-hybridized carbons (Fsp3) is 0.167. The van der Waals surface area contributed by atoms with Crippen molar-refractivity contribution in [2.75, 3.05) is 19.5 Å². The van der Waals surface area contributed by atoms with E-state index >= 15 is 0 Å². The number of nitrogens with zero attached hydrogens (tertiary/aromatic N) is 2. The fourth-order valence-electron chi connectivity index (χ4n) is 2.61. The van der Waals surface area contributed by atoms with Crippen molar-refractivity contribution in [1.29, 1.82) is 0 Å². The maximum Gasteiger partial charge on any atom is 0.337 e. The molecule has 0 radical (unpaired) electrons. The van der Waals surface area contributed by atoms with Crippen LogP contribution in [0.25, 0.3) is 10.9 Å². The molecule has 2 N–H and O–H groups in total. The van der Waals surface area contributed by atoms with Crippen LogP contribution in [-0.2, 0) is 6.54 Å². The largest absolute Gasteiger partial charge is 0.497 e. The van der Waals surface area contributed by atoms with Crippen LogP contribution in [-0.4, -0.2) is 35.3 Å². The summed E-state index contributed by atoms with van der Waals surface area (Å²) in [5, 5.41) is 13.3. The first-order chi connectivity index (χ1) is 12.5. The number of anilines is 1. The lowest BCUT2D eigenvalue weighted by Gasteiger charge is -2.13. The van der Waals surface area contributed by atoms with E-state index in [9.17, 15) is 9.90 Å². The number of benzene rings is 2. The van der Waals surface area contributed by atoms with Crippen LogP contribution in [0.3, 0.4) is 0 Å². The van der Waals surface area contributed by atoms with E-state index in [4.69, 9.17) is 9.47 Å². The SMILES string of the molecule is COc1ccc(CNc2ncnc3c(C(=O)O)cc(I)cc23)c(OC)c1. The van der Waals surface area contributed by atoms with Gasteiger partial charge in [0.1, 0.15) is 23.6 Å². The first-order valence-electron chi connectivity index (χ1n) is 7.65. The average Bonchev–Trinajstić information content (AvgIpc) is 2.65. The zero-order valence-electron chi connectivity index (χ0n) is 14.1. The van der Waals surface area contributed by atoms with Gasteiger partial charge in [0.25, 0.3) is 0 Å². The van der Waals surface area contributed by atoms with Crippen molar-refractivity contribution in [2.24, 2.45) is 0 Å². The molecule has 7 nitrogen and oxygen atoms in total. The molecule has 0 amide bonds. The van der Waals surface area contributed by atoms with E-state index in [0.29, 0.717) is 34.8 Å². The number of carboxylic acids is 1. The minimum atomic E-state index is -1.02. The fourth-order valence-corrected chi connectivity index (χ4v) is 3.24. The van der Waals surface area contributed by atoms with Gasteiger partial charge >= 0.3 is 5.97 Å². The number of methoxy groups -OCH3 is 2. The van der Waals surface area contributed by atoms with E-state index < -0.39 is 5.97 Å². The van der Waals surface area contributed by atoms with Crippen LogP contribution in [0.1, 0.15) is 15.9 Å². The van der Waals surface area contributed by atoms with Crippen LogP contribution in [0.2, 0.25) is 0 Å². The molecule has 0 atom stereocenters. The summed E-state index contributed by atoms with van der Waals surface area (Å²) in [6.45, 7) is 0.452. The van der Waals surface area contributed by atoms with Gasteiger partial charge < -0.3 is 19.9 Å². The Labute approximate surface area is 163 Å². The highest BCUT2D eigenvalue weighted by atomic mass is 127. The Morgan fingerprint density at radius 1 is 1.19 bits per heavy atom. The van der Waals surface area contributed by atoms with E-state index in [-0.39, 0.29) is 5.56 Å². The topological polar surface area (TPSA) is 93.6 Å². The second-order valence-corrected chi connectivity index (χ2v) is 6.65. The summed E-state index contributed by atoms with van der Waals surface area (Å²) in [7, 11) is 3.20. The number of hydrogen-bond acceptors (Lipinski definition) is 6. The van der Waals surface area contributed by atoms with Crippen LogP contribution in [0.4, 0.5) is 5.82 Å². The molecule has 0 spiro atoms. The number of nitrogens with one attached hydrogen (secondary N) is 1. The minimum absolute atomic E-state index is 0.152. The van der Waals surface area contributed by atoms with Gasteiger partial charge in [-0.15, -0.1) is 0 Å². The van der Waals surface area contributed by atoms with Crippen molar-refractivity contribution in [3.05, 3.63) is 51.4 Å². The normalized spacial score (nSPS) is 10.6. The molecule has 0 unspecified atom stereocenters. The lowest BCUT2D eigenvalue weighted by molar-refractivity contribution is 0.0698. The number of hydrogen-bond donors (Lipinski definition) is 2. The molecule has 0 saturated carbocycles. The number of carboxylic acid groups (broad SMARTS) is 1. The lowest BCUT2D eigenvalue weighted by Crippen LogP contribution is -2.06. The summed E-state index contributed by atoms with van der Waals surface area (Å²) in [6.07, 6.45) is 1.36. The Kier molecular flexibility index (Phi) is 5.40. The number of aromatic carboxylic acids is 1. The zero-order valence-corrected chi connectivity index (χ0v) is 16.3. The molecule has 0 aliphatic heterocycles. The zero-order chi connectivity index (χ0) is 18.7. The Morgan fingerprint density at radius 2 is 2.00 bits per heavy atom. The summed E-state index contributed by atoms with van der Waals surface area (Å²) >= 11 is 2.08. The van der Waals surface area contributed by atoms with Crippen LogP contribution >= 0.6 is 22.6 Å². The lowest BCUT2D eigenvalue weighted by atomic mass is 10.1. The molecule has 2 aromatic carbocycles. The van der Waals surface area contributed by atoms with Gasteiger partial charge in [0.15, 0.2) is 0 Å². The highest BCUT2D eigenvalue weighted by Gasteiger charge is 2.15. The number of aromatic nitrogens is 2. The molecule has 0 aliphatic carbocycles. The predicted octanol–water partition coefficient (Wildman–Crippen LogP) is 3.56. The second kappa shape index (κ2) is 7.73. The summed E-state index contributed by atoms with van der Waals surface area (Å²) in [5.41, 5.74) is 1.47. The van der Waals surface area contributed by atoms with E-state index in [1.165, 1.54) is 6.33 Å². The van der Waals surface area contributed by atoms with Crippen LogP contribution in [0.15, 0.2) is 36.7 Å². The first kappa shape index (κ1) is 18.2. The average molecular weight is 465 g/mol. The number of carbonyl (C=O) groups is 1. The van der Waals surface area contributed by atoms with Crippen molar-refractivity contribution in [3.63, 3.8) is 0 Å². The van der Waals surface area contributed by atoms with Crippen molar-refractivity contribution in [3.8, 4) is 11.5 Å². The summed E-state index contributed by atoms with van der Waals surface area (Å²) < 4.78 is 11.4. The molecule has 1 heterocycles. The third-order valence-corrected chi connectivity index (χ3v) is 4.50. The minimum Gasteiger partial charge on any atom is -0.497 e. The summed E-state index contributed by atoms with van der Waals surface area (Å²) in [6, 6.07) is 9.01.